The number of carbonyl (C=O) groups excluding carboxylic acids is 2. The van der Waals surface area contributed by atoms with Crippen LogP contribution in [0.3, 0.4) is 0 Å². The van der Waals surface area contributed by atoms with Crippen LogP contribution in [0.1, 0.15) is 38.8 Å². The first kappa shape index (κ1) is 18.0. The summed E-state index contributed by atoms with van der Waals surface area (Å²) in [5, 5.41) is 9.72. The highest BCUT2D eigenvalue weighted by Crippen LogP contribution is 2.22. The van der Waals surface area contributed by atoms with Gasteiger partial charge in [-0.1, -0.05) is 0 Å². The highest BCUT2D eigenvalue weighted by atomic mass is 32.1. The van der Waals surface area contributed by atoms with Crippen molar-refractivity contribution in [1.82, 2.24) is 15.2 Å². The fourth-order valence-corrected chi connectivity index (χ4v) is 3.61. The number of ketones is 1. The maximum Gasteiger partial charge on any atom is 0.224 e. The Labute approximate surface area is 155 Å². The smallest absolute Gasteiger partial charge is 0.224 e. The van der Waals surface area contributed by atoms with E-state index >= 15 is 0 Å². The van der Waals surface area contributed by atoms with E-state index in [-0.39, 0.29) is 24.5 Å². The van der Waals surface area contributed by atoms with Gasteiger partial charge in [-0.3, -0.25) is 14.7 Å². The number of amides is 1. The highest BCUT2D eigenvalue weighted by molar-refractivity contribution is 7.12. The van der Waals surface area contributed by atoms with E-state index in [1.807, 2.05) is 39.0 Å². The zero-order chi connectivity index (χ0) is 18.7. The van der Waals surface area contributed by atoms with Crippen LogP contribution in [0, 0.1) is 20.8 Å². The number of aromatic amines is 1. The summed E-state index contributed by atoms with van der Waals surface area (Å²) in [6, 6.07) is 9.19. The van der Waals surface area contributed by atoms with Gasteiger partial charge < -0.3 is 5.32 Å². The highest BCUT2D eigenvalue weighted by Gasteiger charge is 2.14. The number of H-pyrrole nitrogens is 1. The molecular weight excluding hydrogens is 348 g/mol. The third-order valence-electron chi connectivity index (χ3n) is 3.94. The Morgan fingerprint density at radius 3 is 2.42 bits per heavy atom. The minimum Gasteiger partial charge on any atom is -0.326 e. The molecule has 0 aliphatic heterocycles. The molecule has 1 aromatic carbocycles. The molecule has 7 heteroatoms. The third-order valence-corrected chi connectivity index (χ3v) is 4.91. The Morgan fingerprint density at radius 1 is 1.12 bits per heavy atom. The first-order chi connectivity index (χ1) is 12.4. The normalized spacial score (nSPS) is 10.7. The zero-order valence-corrected chi connectivity index (χ0v) is 15.7. The van der Waals surface area contributed by atoms with E-state index < -0.39 is 0 Å². The SMILES string of the molecule is Cc1nc(-c2ccc(NC(=O)CCC(=O)c3cc(C)sc3C)cc2)n[nH]1. The lowest BCUT2D eigenvalue weighted by atomic mass is 10.1. The second kappa shape index (κ2) is 7.61. The van der Waals surface area contributed by atoms with Crippen molar-refractivity contribution in [2.45, 2.75) is 33.6 Å². The van der Waals surface area contributed by atoms with Crippen molar-refractivity contribution in [1.29, 1.82) is 0 Å². The Bertz CT molecular complexity index is 941. The molecule has 134 valence electrons. The Kier molecular flexibility index (Phi) is 5.27. The summed E-state index contributed by atoms with van der Waals surface area (Å²) < 4.78 is 0. The van der Waals surface area contributed by atoms with Gasteiger partial charge in [0.1, 0.15) is 5.82 Å². The van der Waals surface area contributed by atoms with Crippen molar-refractivity contribution < 1.29 is 9.59 Å². The second-order valence-electron chi connectivity index (χ2n) is 6.12. The van der Waals surface area contributed by atoms with Gasteiger partial charge in [0, 0.05) is 39.4 Å². The van der Waals surface area contributed by atoms with Crippen LogP contribution in [0.4, 0.5) is 5.69 Å². The van der Waals surface area contributed by atoms with Crippen molar-refractivity contribution in [3.63, 3.8) is 0 Å². The van der Waals surface area contributed by atoms with Crippen LogP contribution < -0.4 is 5.32 Å². The molecule has 0 bridgehead atoms. The average Bonchev–Trinajstić information content (AvgIpc) is 3.18. The minimum atomic E-state index is -0.176. The summed E-state index contributed by atoms with van der Waals surface area (Å²) in [4.78, 5) is 30.7. The van der Waals surface area contributed by atoms with Crippen molar-refractivity contribution in [2.75, 3.05) is 5.32 Å². The molecule has 0 saturated carbocycles. The summed E-state index contributed by atoms with van der Waals surface area (Å²) in [5.74, 6) is 1.20. The molecule has 1 amide bonds. The van der Waals surface area contributed by atoms with Crippen LogP contribution in [0.5, 0.6) is 0 Å². The van der Waals surface area contributed by atoms with Crippen LogP contribution in [-0.4, -0.2) is 26.9 Å². The number of thiophene rings is 1. The number of nitrogens with one attached hydrogen (secondary N) is 2. The van der Waals surface area contributed by atoms with Gasteiger partial charge in [-0.05, 0) is 51.1 Å². The Balaban J connectivity index is 1.55. The van der Waals surface area contributed by atoms with E-state index in [1.165, 1.54) is 0 Å². The van der Waals surface area contributed by atoms with Crippen molar-refractivity contribution in [3.05, 3.63) is 51.5 Å². The van der Waals surface area contributed by atoms with Gasteiger partial charge in [0.15, 0.2) is 11.6 Å². The number of Topliss-reactive ketones (excluding diaryl/α,β-unsaturated/α-hetero) is 1. The molecule has 3 rings (SSSR count). The largest absolute Gasteiger partial charge is 0.326 e. The maximum absolute atomic E-state index is 12.2. The van der Waals surface area contributed by atoms with E-state index in [1.54, 1.807) is 23.5 Å². The number of aryl methyl sites for hydroxylation is 3. The van der Waals surface area contributed by atoms with E-state index in [4.69, 9.17) is 0 Å². The van der Waals surface area contributed by atoms with Gasteiger partial charge in [0.05, 0.1) is 0 Å². The molecular formula is C19H20N4O2S. The number of carbonyl (C=O) groups is 2. The van der Waals surface area contributed by atoms with E-state index in [0.717, 1.165) is 26.7 Å². The molecule has 0 aliphatic rings. The van der Waals surface area contributed by atoms with E-state index in [2.05, 4.69) is 20.5 Å². The fourth-order valence-electron chi connectivity index (χ4n) is 2.67. The lowest BCUT2D eigenvalue weighted by molar-refractivity contribution is -0.116. The first-order valence-electron chi connectivity index (χ1n) is 8.32. The van der Waals surface area contributed by atoms with Crippen LogP contribution in [-0.2, 0) is 4.79 Å². The number of aromatic nitrogens is 3. The molecule has 0 radical (unpaired) electrons. The summed E-state index contributed by atoms with van der Waals surface area (Å²) in [7, 11) is 0. The monoisotopic (exact) mass is 368 g/mol. The Hall–Kier alpha value is -2.80. The number of anilines is 1. The van der Waals surface area contributed by atoms with Crippen LogP contribution >= 0.6 is 11.3 Å². The third kappa shape index (κ3) is 4.23. The predicted octanol–water partition coefficient (Wildman–Crippen LogP) is 4.06. The van der Waals surface area contributed by atoms with Crippen molar-refractivity contribution in [3.8, 4) is 11.4 Å². The van der Waals surface area contributed by atoms with Crippen molar-refractivity contribution >= 4 is 28.7 Å². The van der Waals surface area contributed by atoms with Crippen LogP contribution in [0.2, 0.25) is 0 Å². The fraction of sp³-hybridized carbons (Fsp3) is 0.263. The van der Waals surface area contributed by atoms with Gasteiger partial charge in [-0.2, -0.15) is 5.10 Å². The van der Waals surface area contributed by atoms with Crippen LogP contribution in [0.15, 0.2) is 30.3 Å². The quantitative estimate of drug-likeness (QED) is 0.642. The Morgan fingerprint density at radius 2 is 1.85 bits per heavy atom. The van der Waals surface area contributed by atoms with E-state index in [0.29, 0.717) is 11.5 Å². The van der Waals surface area contributed by atoms with Crippen LogP contribution in [0.25, 0.3) is 11.4 Å². The molecule has 6 nitrogen and oxygen atoms in total. The molecule has 0 fully saturated rings. The van der Waals surface area contributed by atoms with E-state index in [9.17, 15) is 9.59 Å². The lowest BCUT2D eigenvalue weighted by Gasteiger charge is -2.05. The molecule has 2 N–H and O–H groups in total. The predicted molar refractivity (Wildman–Crippen MR) is 103 cm³/mol. The molecule has 2 aromatic heterocycles. The number of benzene rings is 1. The van der Waals surface area contributed by atoms with Crippen molar-refractivity contribution in [2.24, 2.45) is 0 Å². The first-order valence-corrected chi connectivity index (χ1v) is 9.13. The average molecular weight is 368 g/mol. The molecule has 0 spiro atoms. The molecule has 0 atom stereocenters. The van der Waals surface area contributed by atoms with Gasteiger partial charge in [0.25, 0.3) is 0 Å². The topological polar surface area (TPSA) is 87.7 Å². The summed E-state index contributed by atoms with van der Waals surface area (Å²) in [6.07, 6.45) is 0.367. The van der Waals surface area contributed by atoms with Gasteiger partial charge in [0.2, 0.25) is 5.91 Å². The summed E-state index contributed by atoms with van der Waals surface area (Å²) in [6.45, 7) is 5.75. The standard InChI is InChI=1S/C19H20N4O2S/c1-11-10-16(12(2)26-11)17(24)8-9-18(25)21-15-6-4-14(5-7-15)19-20-13(3)22-23-19/h4-7,10H,8-9H2,1-3H3,(H,21,25)(H,20,22,23). The number of hydrogen-bond donors (Lipinski definition) is 2. The molecule has 0 saturated heterocycles. The molecule has 2 heterocycles. The van der Waals surface area contributed by atoms with Gasteiger partial charge in [-0.25, -0.2) is 4.98 Å². The molecule has 3 aromatic rings. The summed E-state index contributed by atoms with van der Waals surface area (Å²) in [5.41, 5.74) is 2.28. The summed E-state index contributed by atoms with van der Waals surface area (Å²) >= 11 is 1.60. The maximum atomic E-state index is 12.2. The van der Waals surface area contributed by atoms with Gasteiger partial charge >= 0.3 is 0 Å². The zero-order valence-electron chi connectivity index (χ0n) is 14.9. The molecule has 0 unspecified atom stereocenters. The minimum absolute atomic E-state index is 0.0114. The van der Waals surface area contributed by atoms with Gasteiger partial charge in [-0.15, -0.1) is 11.3 Å². The molecule has 26 heavy (non-hydrogen) atoms. The lowest BCUT2D eigenvalue weighted by Crippen LogP contribution is -2.13. The number of hydrogen-bond acceptors (Lipinski definition) is 5. The second-order valence-corrected chi connectivity index (χ2v) is 7.58. The number of nitrogens with zero attached hydrogens (tertiary/aromatic N) is 2. The molecule has 0 aliphatic carbocycles. The number of rotatable bonds is 6.